The highest BCUT2D eigenvalue weighted by Crippen LogP contribution is 2.32. The van der Waals surface area contributed by atoms with E-state index in [0.29, 0.717) is 24.6 Å². The Kier molecular flexibility index (Phi) is 4.27. The van der Waals surface area contributed by atoms with Gasteiger partial charge >= 0.3 is 0 Å². The van der Waals surface area contributed by atoms with E-state index in [0.717, 1.165) is 35.9 Å². The first kappa shape index (κ1) is 17.5. The smallest absolute Gasteiger partial charge is 0.254 e. The van der Waals surface area contributed by atoms with Crippen LogP contribution in [0.1, 0.15) is 11.3 Å². The molecule has 0 unspecified atom stereocenters. The molecule has 1 amide bonds. The number of benzene rings is 1. The zero-order chi connectivity index (χ0) is 19.8. The summed E-state index contributed by atoms with van der Waals surface area (Å²) in [4.78, 5) is 25.2. The van der Waals surface area contributed by atoms with E-state index in [-0.39, 0.29) is 12.7 Å². The van der Waals surface area contributed by atoms with Gasteiger partial charge in [0, 0.05) is 44.0 Å². The normalized spacial score (nSPS) is 16.2. The summed E-state index contributed by atoms with van der Waals surface area (Å²) in [5.41, 5.74) is 1.80. The van der Waals surface area contributed by atoms with Gasteiger partial charge in [0.05, 0.1) is 0 Å². The van der Waals surface area contributed by atoms with E-state index in [1.807, 2.05) is 42.2 Å². The molecule has 29 heavy (non-hydrogen) atoms. The molecule has 5 rings (SSSR count). The number of amides is 1. The minimum atomic E-state index is -0.000807. The number of anilines is 1. The van der Waals surface area contributed by atoms with Crippen molar-refractivity contribution in [2.45, 2.75) is 6.92 Å². The Hall–Kier alpha value is -3.62. The van der Waals surface area contributed by atoms with Crippen molar-refractivity contribution in [3.63, 3.8) is 0 Å². The number of piperazine rings is 1. The van der Waals surface area contributed by atoms with Crippen molar-refractivity contribution in [3.8, 4) is 11.5 Å². The summed E-state index contributed by atoms with van der Waals surface area (Å²) in [7, 11) is 0. The monoisotopic (exact) mass is 392 g/mol. The van der Waals surface area contributed by atoms with Crippen LogP contribution >= 0.6 is 0 Å². The third-order valence-electron chi connectivity index (χ3n) is 5.09. The Labute approximate surface area is 167 Å². The highest BCUT2D eigenvalue weighted by molar-refractivity contribution is 5.92. The number of hydrogen-bond acceptors (Lipinski definition) is 7. The van der Waals surface area contributed by atoms with Gasteiger partial charge in [-0.1, -0.05) is 6.07 Å². The number of ether oxygens (including phenoxy) is 2. The zero-order valence-corrected chi connectivity index (χ0v) is 16.0. The van der Waals surface area contributed by atoms with Crippen molar-refractivity contribution < 1.29 is 14.3 Å². The van der Waals surface area contributed by atoms with E-state index in [1.54, 1.807) is 10.6 Å². The molecule has 1 saturated heterocycles. The Bertz CT molecular complexity index is 1100. The SMILES string of the molecule is Cc1cc(N2CCN(C(=O)/C=C/c3ccc4c(c3)OCO4)CC2)n2ncnc2n1. The number of nitrogens with zero attached hydrogens (tertiary/aromatic N) is 6. The molecule has 2 aromatic heterocycles. The fraction of sp³-hybridized carbons (Fsp3) is 0.300. The third kappa shape index (κ3) is 3.35. The van der Waals surface area contributed by atoms with Crippen molar-refractivity contribution in [1.29, 1.82) is 0 Å². The molecule has 0 radical (unpaired) electrons. The van der Waals surface area contributed by atoms with Crippen LogP contribution in [-0.2, 0) is 4.79 Å². The molecule has 1 aromatic carbocycles. The van der Waals surface area contributed by atoms with Crippen LogP contribution in [0.25, 0.3) is 11.9 Å². The van der Waals surface area contributed by atoms with Crippen LogP contribution in [0.2, 0.25) is 0 Å². The Balaban J connectivity index is 1.24. The number of aryl methyl sites for hydroxylation is 1. The number of hydrogen-bond donors (Lipinski definition) is 0. The lowest BCUT2D eigenvalue weighted by Gasteiger charge is -2.35. The van der Waals surface area contributed by atoms with Crippen LogP contribution in [0.5, 0.6) is 11.5 Å². The topological polar surface area (TPSA) is 85.1 Å². The first-order valence-corrected chi connectivity index (χ1v) is 9.46. The molecule has 0 saturated carbocycles. The molecule has 1 fully saturated rings. The molecule has 0 spiro atoms. The van der Waals surface area contributed by atoms with Gasteiger partial charge in [-0.25, -0.2) is 4.98 Å². The van der Waals surface area contributed by atoms with E-state index in [9.17, 15) is 4.79 Å². The van der Waals surface area contributed by atoms with E-state index < -0.39 is 0 Å². The van der Waals surface area contributed by atoms with Crippen LogP contribution in [0, 0.1) is 6.92 Å². The van der Waals surface area contributed by atoms with Crippen LogP contribution in [-0.4, -0.2) is 63.4 Å². The highest BCUT2D eigenvalue weighted by Gasteiger charge is 2.22. The molecule has 0 atom stereocenters. The summed E-state index contributed by atoms with van der Waals surface area (Å²) in [5, 5.41) is 4.27. The molecule has 2 aliphatic heterocycles. The number of fused-ring (bicyclic) bond motifs is 2. The van der Waals surface area contributed by atoms with E-state index >= 15 is 0 Å². The van der Waals surface area contributed by atoms with Gasteiger partial charge in [0.25, 0.3) is 5.78 Å². The Morgan fingerprint density at radius 3 is 2.79 bits per heavy atom. The van der Waals surface area contributed by atoms with Crippen LogP contribution in [0.4, 0.5) is 5.82 Å². The summed E-state index contributed by atoms with van der Waals surface area (Å²) >= 11 is 0. The minimum absolute atomic E-state index is 0.000807. The molecule has 2 aliphatic rings. The standard InChI is InChI=1S/C20H20N6O3/c1-14-10-18(26-20(23-14)21-12-22-26)24-6-8-25(9-7-24)19(27)5-3-15-2-4-16-17(11-15)29-13-28-16/h2-5,10-12H,6-9,13H2,1H3/b5-3+. The maximum Gasteiger partial charge on any atom is 0.254 e. The second-order valence-corrected chi connectivity index (χ2v) is 6.99. The van der Waals surface area contributed by atoms with Gasteiger partial charge in [0.2, 0.25) is 12.7 Å². The maximum absolute atomic E-state index is 12.6. The second kappa shape index (κ2) is 7.08. The molecule has 9 heteroatoms. The molecule has 3 aromatic rings. The molecular weight excluding hydrogens is 372 g/mol. The predicted molar refractivity (Wildman–Crippen MR) is 106 cm³/mol. The van der Waals surface area contributed by atoms with Crippen molar-refractivity contribution in [3.05, 3.63) is 47.9 Å². The highest BCUT2D eigenvalue weighted by atomic mass is 16.7. The van der Waals surface area contributed by atoms with E-state index in [2.05, 4.69) is 20.0 Å². The Morgan fingerprint density at radius 1 is 1.10 bits per heavy atom. The van der Waals surface area contributed by atoms with E-state index in [4.69, 9.17) is 9.47 Å². The fourth-order valence-corrected chi connectivity index (χ4v) is 3.58. The quantitative estimate of drug-likeness (QED) is 0.625. The van der Waals surface area contributed by atoms with Gasteiger partial charge in [-0.3, -0.25) is 4.79 Å². The summed E-state index contributed by atoms with van der Waals surface area (Å²) in [6.07, 6.45) is 4.92. The molecule has 148 valence electrons. The first-order valence-electron chi connectivity index (χ1n) is 9.46. The lowest BCUT2D eigenvalue weighted by Crippen LogP contribution is -2.48. The van der Waals surface area contributed by atoms with Gasteiger partial charge in [-0.2, -0.15) is 14.6 Å². The Morgan fingerprint density at radius 2 is 1.93 bits per heavy atom. The number of rotatable bonds is 3. The number of carbonyl (C=O) groups excluding carboxylic acids is 1. The second-order valence-electron chi connectivity index (χ2n) is 6.99. The molecule has 4 heterocycles. The van der Waals surface area contributed by atoms with Crippen LogP contribution in [0.15, 0.2) is 36.7 Å². The van der Waals surface area contributed by atoms with Gasteiger partial charge in [-0.05, 0) is 30.7 Å². The molecule has 9 nitrogen and oxygen atoms in total. The molecular formula is C20H20N6O3. The third-order valence-corrected chi connectivity index (χ3v) is 5.09. The molecule has 0 bridgehead atoms. The summed E-state index contributed by atoms with van der Waals surface area (Å²) < 4.78 is 12.4. The zero-order valence-electron chi connectivity index (χ0n) is 16.0. The lowest BCUT2D eigenvalue weighted by molar-refractivity contribution is -0.126. The average Bonchev–Trinajstić information content (AvgIpc) is 3.40. The largest absolute Gasteiger partial charge is 0.454 e. The minimum Gasteiger partial charge on any atom is -0.454 e. The lowest BCUT2D eigenvalue weighted by atomic mass is 10.2. The van der Waals surface area contributed by atoms with Crippen molar-refractivity contribution in [2.24, 2.45) is 0 Å². The van der Waals surface area contributed by atoms with E-state index in [1.165, 1.54) is 6.33 Å². The van der Waals surface area contributed by atoms with Crippen LogP contribution < -0.4 is 14.4 Å². The predicted octanol–water partition coefficient (Wildman–Crippen LogP) is 1.52. The molecule has 0 aliphatic carbocycles. The average molecular weight is 392 g/mol. The summed E-state index contributed by atoms with van der Waals surface area (Å²) in [5.74, 6) is 2.98. The van der Waals surface area contributed by atoms with Gasteiger partial charge in [-0.15, -0.1) is 0 Å². The van der Waals surface area contributed by atoms with Gasteiger partial charge < -0.3 is 19.3 Å². The van der Waals surface area contributed by atoms with Gasteiger partial charge in [0.1, 0.15) is 12.1 Å². The van der Waals surface area contributed by atoms with Crippen molar-refractivity contribution in [2.75, 3.05) is 37.9 Å². The van der Waals surface area contributed by atoms with Crippen LogP contribution in [0.3, 0.4) is 0 Å². The van der Waals surface area contributed by atoms with Crippen molar-refractivity contribution >= 4 is 23.6 Å². The first-order chi connectivity index (χ1) is 14.2. The number of aromatic nitrogens is 4. The van der Waals surface area contributed by atoms with Gasteiger partial charge in [0.15, 0.2) is 11.5 Å². The fourth-order valence-electron chi connectivity index (χ4n) is 3.58. The van der Waals surface area contributed by atoms with Crippen molar-refractivity contribution in [1.82, 2.24) is 24.5 Å². The summed E-state index contributed by atoms with van der Waals surface area (Å²) in [6, 6.07) is 7.63. The maximum atomic E-state index is 12.6. The summed E-state index contributed by atoms with van der Waals surface area (Å²) in [6.45, 7) is 4.91. The number of carbonyl (C=O) groups is 1. The molecule has 0 N–H and O–H groups in total.